The molecule has 0 aliphatic carbocycles. The summed E-state index contributed by atoms with van der Waals surface area (Å²) < 4.78 is 62.1. The van der Waals surface area contributed by atoms with Gasteiger partial charge in [-0.15, -0.1) is 11.3 Å². The molecule has 20 heavy (non-hydrogen) atoms. The van der Waals surface area contributed by atoms with E-state index in [-0.39, 0.29) is 23.8 Å². The van der Waals surface area contributed by atoms with Gasteiger partial charge in [-0.1, -0.05) is 6.92 Å². The molecule has 0 spiro atoms. The smallest absolute Gasteiger partial charge is 0.396 e. The number of nitrogens with zero attached hydrogens (tertiary/aromatic N) is 1. The van der Waals surface area contributed by atoms with Crippen molar-refractivity contribution in [2.45, 2.75) is 30.2 Å². The minimum absolute atomic E-state index is 0.126. The molecule has 0 aliphatic heterocycles. The molecule has 0 unspecified atom stereocenters. The third kappa shape index (κ3) is 4.72. The van der Waals surface area contributed by atoms with Crippen LogP contribution in [0, 0.1) is 0 Å². The maximum absolute atomic E-state index is 12.5. The first kappa shape index (κ1) is 17.4. The van der Waals surface area contributed by atoms with Crippen molar-refractivity contribution in [3.05, 3.63) is 17.0 Å². The van der Waals surface area contributed by atoms with Crippen molar-refractivity contribution in [3.8, 4) is 0 Å². The molecule has 0 fully saturated rings. The van der Waals surface area contributed by atoms with E-state index < -0.39 is 22.7 Å². The van der Waals surface area contributed by atoms with Crippen LogP contribution in [0.1, 0.15) is 18.2 Å². The van der Waals surface area contributed by atoms with E-state index in [1.54, 1.807) is 6.92 Å². The highest BCUT2D eigenvalue weighted by Crippen LogP contribution is 2.28. The lowest BCUT2D eigenvalue weighted by molar-refractivity contribution is -0.136. The number of sulfonamides is 1. The van der Waals surface area contributed by atoms with Crippen molar-refractivity contribution in [2.24, 2.45) is 0 Å². The van der Waals surface area contributed by atoms with Gasteiger partial charge in [0.15, 0.2) is 0 Å². The summed E-state index contributed by atoms with van der Waals surface area (Å²) in [7, 11) is -4.14. The van der Waals surface area contributed by atoms with Crippen LogP contribution in [0.25, 0.3) is 0 Å². The zero-order valence-corrected chi connectivity index (χ0v) is 12.5. The van der Waals surface area contributed by atoms with Gasteiger partial charge >= 0.3 is 6.18 Å². The van der Waals surface area contributed by atoms with Crippen molar-refractivity contribution >= 4 is 21.4 Å². The minimum atomic E-state index is -4.58. The van der Waals surface area contributed by atoms with Gasteiger partial charge in [0, 0.05) is 24.4 Å². The fraction of sp³-hybridized carbons (Fsp3) is 0.636. The Hall–Kier alpha value is -0.640. The molecule has 0 saturated heterocycles. The Labute approximate surface area is 119 Å². The number of aliphatic hydroxyl groups is 1. The van der Waals surface area contributed by atoms with Crippen LogP contribution in [0.15, 0.2) is 16.3 Å². The van der Waals surface area contributed by atoms with Crippen molar-refractivity contribution in [1.82, 2.24) is 4.31 Å². The normalized spacial score (nSPS) is 13.1. The molecule has 0 amide bonds. The number of rotatable bonds is 7. The Balaban J connectivity index is 3.02. The first-order valence-corrected chi connectivity index (χ1v) is 8.23. The van der Waals surface area contributed by atoms with E-state index in [9.17, 15) is 21.6 Å². The standard InChI is InChI=1S/C11H16F3NO3S2/c1-2-6-15(8-11(12,13)14)20(17,18)10-4-3-9(19-10)5-7-16/h3-4,16H,2,5-8H2,1H3. The van der Waals surface area contributed by atoms with Crippen LogP contribution < -0.4 is 0 Å². The van der Waals surface area contributed by atoms with Crippen LogP contribution in [0.5, 0.6) is 0 Å². The van der Waals surface area contributed by atoms with Crippen molar-refractivity contribution in [1.29, 1.82) is 0 Å². The zero-order chi connectivity index (χ0) is 15.4. The van der Waals surface area contributed by atoms with Crippen LogP contribution in [0.2, 0.25) is 0 Å². The van der Waals surface area contributed by atoms with E-state index in [0.717, 1.165) is 11.3 Å². The van der Waals surface area contributed by atoms with Crippen LogP contribution >= 0.6 is 11.3 Å². The molecule has 0 aliphatic rings. The van der Waals surface area contributed by atoms with E-state index in [1.165, 1.54) is 12.1 Å². The van der Waals surface area contributed by atoms with Crippen molar-refractivity contribution < 1.29 is 26.7 Å². The van der Waals surface area contributed by atoms with Crippen molar-refractivity contribution in [3.63, 3.8) is 0 Å². The highest BCUT2D eigenvalue weighted by atomic mass is 32.2. The molecule has 1 rings (SSSR count). The average Bonchev–Trinajstić information content (AvgIpc) is 2.76. The van der Waals surface area contributed by atoms with Gasteiger partial charge in [-0.3, -0.25) is 0 Å². The molecular weight excluding hydrogens is 315 g/mol. The van der Waals surface area contributed by atoms with Crippen molar-refractivity contribution in [2.75, 3.05) is 19.7 Å². The summed E-state index contributed by atoms with van der Waals surface area (Å²) in [5, 5.41) is 8.78. The molecule has 0 saturated carbocycles. The summed E-state index contributed by atoms with van der Waals surface area (Å²) in [4.78, 5) is 0.620. The lowest BCUT2D eigenvalue weighted by atomic mass is 10.4. The third-order valence-electron chi connectivity index (χ3n) is 2.42. The summed E-state index contributed by atoms with van der Waals surface area (Å²) in [5.41, 5.74) is 0. The fourth-order valence-electron chi connectivity index (χ4n) is 1.60. The predicted molar refractivity (Wildman–Crippen MR) is 70.2 cm³/mol. The van der Waals surface area contributed by atoms with E-state index in [1.807, 2.05) is 0 Å². The van der Waals surface area contributed by atoms with E-state index >= 15 is 0 Å². The molecular formula is C11H16F3NO3S2. The number of halogens is 3. The van der Waals surface area contributed by atoms with E-state index in [4.69, 9.17) is 5.11 Å². The number of thiophene rings is 1. The Morgan fingerprint density at radius 2 is 2.00 bits per heavy atom. The first-order chi connectivity index (χ1) is 9.20. The summed E-state index contributed by atoms with van der Waals surface area (Å²) in [6.45, 7) is -0.197. The molecule has 0 radical (unpaired) electrons. The highest BCUT2D eigenvalue weighted by molar-refractivity contribution is 7.91. The third-order valence-corrected chi connectivity index (χ3v) is 5.88. The largest absolute Gasteiger partial charge is 0.402 e. The van der Waals surface area contributed by atoms with Crippen LogP contribution in [0.3, 0.4) is 0 Å². The van der Waals surface area contributed by atoms with Gasteiger partial charge in [0.2, 0.25) is 0 Å². The first-order valence-electron chi connectivity index (χ1n) is 5.97. The van der Waals surface area contributed by atoms with Gasteiger partial charge < -0.3 is 5.11 Å². The Kier molecular flexibility index (Phi) is 5.99. The molecule has 0 atom stereocenters. The van der Waals surface area contributed by atoms with Crippen LogP contribution in [-0.4, -0.2) is 43.7 Å². The number of hydrogen-bond donors (Lipinski definition) is 1. The van der Waals surface area contributed by atoms with Gasteiger partial charge in [0.25, 0.3) is 10.0 Å². The molecule has 116 valence electrons. The maximum Gasteiger partial charge on any atom is 0.402 e. The van der Waals surface area contributed by atoms with Gasteiger partial charge in [0.05, 0.1) is 0 Å². The maximum atomic E-state index is 12.5. The van der Waals surface area contributed by atoms with Gasteiger partial charge in [-0.05, 0) is 18.6 Å². The molecule has 0 aromatic carbocycles. The van der Waals surface area contributed by atoms with Gasteiger partial charge in [0.1, 0.15) is 10.8 Å². The Bertz CT molecular complexity index is 525. The Morgan fingerprint density at radius 3 is 2.50 bits per heavy atom. The molecule has 1 aromatic heterocycles. The second-order valence-electron chi connectivity index (χ2n) is 4.15. The summed E-state index contributed by atoms with van der Waals surface area (Å²) in [6.07, 6.45) is -4.00. The molecule has 1 N–H and O–H groups in total. The second kappa shape index (κ2) is 6.88. The fourth-order valence-corrected chi connectivity index (χ4v) is 4.62. The Morgan fingerprint density at radius 1 is 1.35 bits per heavy atom. The van der Waals surface area contributed by atoms with Gasteiger partial charge in [-0.2, -0.15) is 17.5 Å². The SMILES string of the molecule is CCCN(CC(F)(F)F)S(=O)(=O)c1ccc(CCO)s1. The lowest BCUT2D eigenvalue weighted by Crippen LogP contribution is -2.39. The van der Waals surface area contributed by atoms with Crippen LogP contribution in [-0.2, 0) is 16.4 Å². The molecule has 1 heterocycles. The molecule has 9 heteroatoms. The quantitative estimate of drug-likeness (QED) is 0.834. The summed E-state index contributed by atoms with van der Waals surface area (Å²) in [5.74, 6) is 0. The summed E-state index contributed by atoms with van der Waals surface area (Å²) >= 11 is 0.888. The average molecular weight is 331 g/mol. The molecule has 4 nitrogen and oxygen atoms in total. The number of aliphatic hydroxyl groups excluding tert-OH is 1. The van der Waals surface area contributed by atoms with Gasteiger partial charge in [-0.25, -0.2) is 8.42 Å². The van der Waals surface area contributed by atoms with Crippen LogP contribution in [0.4, 0.5) is 13.2 Å². The zero-order valence-electron chi connectivity index (χ0n) is 10.9. The predicted octanol–water partition coefficient (Wildman–Crippen LogP) is 2.25. The highest BCUT2D eigenvalue weighted by Gasteiger charge is 2.37. The van der Waals surface area contributed by atoms with E-state index in [0.29, 0.717) is 15.6 Å². The molecule has 1 aromatic rings. The second-order valence-corrected chi connectivity index (χ2v) is 7.48. The number of alkyl halides is 3. The minimum Gasteiger partial charge on any atom is -0.396 e. The molecule has 0 bridgehead atoms. The van der Waals surface area contributed by atoms with E-state index in [2.05, 4.69) is 0 Å². The monoisotopic (exact) mass is 331 g/mol. The topological polar surface area (TPSA) is 57.6 Å². The summed E-state index contributed by atoms with van der Waals surface area (Å²) in [6, 6.07) is 2.79. The number of hydrogen-bond acceptors (Lipinski definition) is 4. The lowest BCUT2D eigenvalue weighted by Gasteiger charge is -2.21.